The third-order valence-corrected chi connectivity index (χ3v) is 5.33. The van der Waals surface area contributed by atoms with Crippen molar-refractivity contribution in [1.29, 1.82) is 0 Å². The molecule has 8 heteroatoms. The van der Waals surface area contributed by atoms with Crippen LogP contribution in [0, 0.1) is 5.95 Å². The number of para-hydroxylation sites is 1. The highest BCUT2D eigenvalue weighted by Gasteiger charge is 2.25. The van der Waals surface area contributed by atoms with E-state index >= 15 is 0 Å². The SMILES string of the molecule is CC1CN(C(=S)N/N=C2/CCOc3ccc(F)nc32)CCN1c1ccccc1. The van der Waals surface area contributed by atoms with E-state index in [9.17, 15) is 4.39 Å². The summed E-state index contributed by atoms with van der Waals surface area (Å²) in [5.74, 6) is -0.00500. The summed E-state index contributed by atoms with van der Waals surface area (Å²) in [4.78, 5) is 8.41. The molecule has 1 saturated heterocycles. The number of hydrogen-bond donors (Lipinski definition) is 1. The highest BCUT2D eigenvalue weighted by molar-refractivity contribution is 7.80. The normalized spacial score (nSPS) is 20.5. The number of anilines is 1. The van der Waals surface area contributed by atoms with Crippen molar-refractivity contribution in [2.75, 3.05) is 31.1 Å². The van der Waals surface area contributed by atoms with Crippen molar-refractivity contribution in [3.8, 4) is 5.75 Å². The first-order valence-electron chi connectivity index (χ1n) is 9.34. The number of ether oxygens (including phenoxy) is 1. The van der Waals surface area contributed by atoms with Crippen molar-refractivity contribution in [3.63, 3.8) is 0 Å². The van der Waals surface area contributed by atoms with Crippen LogP contribution in [-0.2, 0) is 0 Å². The average Bonchev–Trinajstić information content (AvgIpc) is 2.72. The lowest BCUT2D eigenvalue weighted by molar-refractivity contribution is 0.316. The van der Waals surface area contributed by atoms with Crippen LogP contribution in [0.15, 0.2) is 47.6 Å². The maximum absolute atomic E-state index is 13.5. The molecule has 6 nitrogen and oxygen atoms in total. The largest absolute Gasteiger partial charge is 0.491 e. The first-order chi connectivity index (χ1) is 13.6. The fourth-order valence-corrected chi connectivity index (χ4v) is 3.77. The minimum absolute atomic E-state index is 0.322. The van der Waals surface area contributed by atoms with E-state index in [2.05, 4.69) is 56.5 Å². The van der Waals surface area contributed by atoms with Gasteiger partial charge in [0.25, 0.3) is 0 Å². The summed E-state index contributed by atoms with van der Waals surface area (Å²) in [5, 5.41) is 4.97. The molecule has 1 atom stereocenters. The minimum Gasteiger partial charge on any atom is -0.491 e. The Morgan fingerprint density at radius 2 is 2.07 bits per heavy atom. The molecular formula is C20H22FN5OS. The zero-order chi connectivity index (χ0) is 19.5. The first kappa shape index (κ1) is 18.6. The number of benzene rings is 1. The Kier molecular flexibility index (Phi) is 5.38. The summed E-state index contributed by atoms with van der Waals surface area (Å²) in [6, 6.07) is 13.6. The van der Waals surface area contributed by atoms with Crippen molar-refractivity contribution in [2.45, 2.75) is 19.4 Å². The predicted octanol–water partition coefficient (Wildman–Crippen LogP) is 2.79. The van der Waals surface area contributed by atoms with Crippen molar-refractivity contribution in [1.82, 2.24) is 15.3 Å². The molecule has 0 aliphatic carbocycles. The maximum Gasteiger partial charge on any atom is 0.213 e. The summed E-state index contributed by atoms with van der Waals surface area (Å²) >= 11 is 5.54. The molecule has 28 heavy (non-hydrogen) atoms. The number of hydrogen-bond acceptors (Lipinski definition) is 5. The maximum atomic E-state index is 13.5. The first-order valence-corrected chi connectivity index (χ1v) is 9.75. The lowest BCUT2D eigenvalue weighted by atomic mass is 10.1. The lowest BCUT2D eigenvalue weighted by Crippen LogP contribution is -2.55. The molecular weight excluding hydrogens is 377 g/mol. The van der Waals surface area contributed by atoms with Gasteiger partial charge in [0.05, 0.1) is 12.3 Å². The fourth-order valence-electron chi connectivity index (χ4n) is 3.56. The second-order valence-electron chi connectivity index (χ2n) is 6.88. The summed E-state index contributed by atoms with van der Waals surface area (Å²) in [7, 11) is 0. The average molecular weight is 399 g/mol. The van der Waals surface area contributed by atoms with Gasteiger partial charge < -0.3 is 14.5 Å². The molecule has 2 aromatic rings. The highest BCUT2D eigenvalue weighted by Crippen LogP contribution is 2.23. The predicted molar refractivity (Wildman–Crippen MR) is 111 cm³/mol. The van der Waals surface area contributed by atoms with Gasteiger partial charge >= 0.3 is 0 Å². The van der Waals surface area contributed by atoms with Crippen LogP contribution in [0.2, 0.25) is 0 Å². The van der Waals surface area contributed by atoms with Gasteiger partial charge in [-0.15, -0.1) is 0 Å². The van der Waals surface area contributed by atoms with Gasteiger partial charge in [0.2, 0.25) is 5.95 Å². The van der Waals surface area contributed by atoms with Crippen LogP contribution in [0.1, 0.15) is 19.0 Å². The third kappa shape index (κ3) is 3.91. The molecule has 4 rings (SSSR count). The number of rotatable bonds is 2. The van der Waals surface area contributed by atoms with Gasteiger partial charge in [-0.25, -0.2) is 4.98 Å². The van der Waals surface area contributed by atoms with Crippen LogP contribution in [0.5, 0.6) is 5.75 Å². The number of fused-ring (bicyclic) bond motifs is 1. The Balaban J connectivity index is 1.40. The molecule has 0 spiro atoms. The highest BCUT2D eigenvalue weighted by atomic mass is 32.1. The van der Waals surface area contributed by atoms with Gasteiger partial charge in [-0.1, -0.05) is 18.2 Å². The lowest BCUT2D eigenvalue weighted by Gasteiger charge is -2.42. The van der Waals surface area contributed by atoms with Crippen molar-refractivity contribution in [3.05, 3.63) is 54.1 Å². The standard InChI is InChI=1S/C20H22FN5OS/c1-14-13-25(10-11-26(14)15-5-3-2-4-6-15)20(28)24-23-16-9-12-27-17-7-8-18(21)22-19(16)17/h2-8,14H,9-13H2,1H3,(H,24,28)/b23-16-. The zero-order valence-corrected chi connectivity index (χ0v) is 16.5. The molecule has 1 fully saturated rings. The van der Waals surface area contributed by atoms with E-state index in [4.69, 9.17) is 17.0 Å². The molecule has 1 aromatic heterocycles. The molecule has 0 amide bonds. The van der Waals surface area contributed by atoms with E-state index in [0.29, 0.717) is 41.3 Å². The molecule has 3 heterocycles. The molecule has 1 unspecified atom stereocenters. The molecule has 2 aliphatic heterocycles. The summed E-state index contributed by atoms with van der Waals surface area (Å²) in [5.41, 5.74) is 5.28. The van der Waals surface area contributed by atoms with E-state index in [1.807, 2.05) is 6.07 Å². The monoisotopic (exact) mass is 399 g/mol. The number of pyridine rings is 1. The number of halogens is 1. The van der Waals surface area contributed by atoms with E-state index < -0.39 is 5.95 Å². The molecule has 2 aliphatic rings. The quantitative estimate of drug-likeness (QED) is 0.476. The molecule has 1 aromatic carbocycles. The van der Waals surface area contributed by atoms with Gasteiger partial charge in [0.15, 0.2) is 5.11 Å². The van der Waals surface area contributed by atoms with E-state index in [1.54, 1.807) is 6.07 Å². The Morgan fingerprint density at radius 3 is 2.86 bits per heavy atom. The van der Waals surface area contributed by atoms with Gasteiger partial charge in [-0.05, 0) is 43.4 Å². The summed E-state index contributed by atoms with van der Waals surface area (Å²) in [6.45, 7) is 5.17. The van der Waals surface area contributed by atoms with Crippen LogP contribution in [0.3, 0.4) is 0 Å². The van der Waals surface area contributed by atoms with E-state index in [1.165, 1.54) is 11.8 Å². The third-order valence-electron chi connectivity index (χ3n) is 4.98. The van der Waals surface area contributed by atoms with E-state index in [0.717, 1.165) is 19.6 Å². The van der Waals surface area contributed by atoms with Crippen LogP contribution < -0.4 is 15.1 Å². The van der Waals surface area contributed by atoms with Crippen LogP contribution in [0.4, 0.5) is 10.1 Å². The second-order valence-corrected chi connectivity index (χ2v) is 7.27. The zero-order valence-electron chi connectivity index (χ0n) is 15.6. The smallest absolute Gasteiger partial charge is 0.213 e. The van der Waals surface area contributed by atoms with Crippen LogP contribution in [-0.4, -0.2) is 53.0 Å². The second kappa shape index (κ2) is 8.10. The molecule has 146 valence electrons. The molecule has 0 bridgehead atoms. The minimum atomic E-state index is -0.551. The number of aromatic nitrogens is 1. The number of thiocarbonyl (C=S) groups is 1. The molecule has 0 radical (unpaired) electrons. The van der Waals surface area contributed by atoms with Gasteiger partial charge in [-0.2, -0.15) is 9.49 Å². The summed E-state index contributed by atoms with van der Waals surface area (Å²) in [6.07, 6.45) is 0.553. The van der Waals surface area contributed by atoms with Crippen LogP contribution in [0.25, 0.3) is 0 Å². The van der Waals surface area contributed by atoms with Crippen molar-refractivity contribution < 1.29 is 9.13 Å². The topological polar surface area (TPSA) is 53.0 Å². The molecule has 0 saturated carbocycles. The molecule has 1 N–H and O–H groups in total. The number of nitrogens with one attached hydrogen (secondary N) is 1. The summed E-state index contributed by atoms with van der Waals surface area (Å²) < 4.78 is 19.0. The fraction of sp³-hybridized carbons (Fsp3) is 0.350. The number of hydrazone groups is 1. The Bertz CT molecular complexity index is 891. The Hall–Kier alpha value is -2.74. The van der Waals surface area contributed by atoms with Crippen LogP contribution >= 0.6 is 12.2 Å². The van der Waals surface area contributed by atoms with Gasteiger partial charge in [0.1, 0.15) is 11.4 Å². The van der Waals surface area contributed by atoms with Gasteiger partial charge in [-0.3, -0.25) is 5.43 Å². The number of nitrogens with zero attached hydrogens (tertiary/aromatic N) is 4. The number of piperazine rings is 1. The van der Waals surface area contributed by atoms with E-state index in [-0.39, 0.29) is 0 Å². The van der Waals surface area contributed by atoms with Crippen molar-refractivity contribution in [2.24, 2.45) is 5.10 Å². The Labute approximate surface area is 169 Å². The Morgan fingerprint density at radius 1 is 1.25 bits per heavy atom. The van der Waals surface area contributed by atoms with Crippen molar-refractivity contribution >= 4 is 28.7 Å². The van der Waals surface area contributed by atoms with Gasteiger partial charge in [0, 0.05) is 37.8 Å².